The van der Waals surface area contributed by atoms with Crippen molar-refractivity contribution in [3.8, 4) is 0 Å². The van der Waals surface area contributed by atoms with Crippen molar-refractivity contribution in [2.75, 3.05) is 13.1 Å². The summed E-state index contributed by atoms with van der Waals surface area (Å²) in [7, 11) is 0. The third kappa shape index (κ3) is 3.60. The van der Waals surface area contributed by atoms with Crippen LogP contribution in [-0.4, -0.2) is 33.9 Å². The summed E-state index contributed by atoms with van der Waals surface area (Å²) >= 11 is 0. The number of carbonyl (C=O) groups excluding carboxylic acids is 1. The number of piperidine rings is 1. The normalized spacial score (nSPS) is 16.4. The number of carbonyl (C=O) groups is 1. The molecule has 4 nitrogen and oxygen atoms in total. The van der Waals surface area contributed by atoms with Gasteiger partial charge in [-0.05, 0) is 24.5 Å². The molecule has 2 heterocycles. The number of imidazole rings is 1. The van der Waals surface area contributed by atoms with Gasteiger partial charge in [0.2, 0.25) is 5.91 Å². The van der Waals surface area contributed by atoms with Crippen LogP contribution in [0.3, 0.4) is 0 Å². The number of H-pyrrole nitrogens is 1. The topological polar surface area (TPSA) is 49.0 Å². The molecule has 0 radical (unpaired) electrons. The number of likely N-dealkylation sites (tertiary alicyclic amines) is 1. The molecule has 1 aromatic carbocycles. The number of nitrogens with one attached hydrogen (secondary N) is 1. The number of hydrogen-bond acceptors (Lipinski definition) is 2. The van der Waals surface area contributed by atoms with Crippen molar-refractivity contribution < 1.29 is 18.0 Å². The summed E-state index contributed by atoms with van der Waals surface area (Å²) in [5.41, 5.74) is 0.348. The van der Waals surface area contributed by atoms with E-state index in [9.17, 15) is 18.0 Å². The van der Waals surface area contributed by atoms with Gasteiger partial charge in [0.15, 0.2) is 0 Å². The minimum Gasteiger partial charge on any atom is -0.348 e. The number of alkyl halides is 3. The first-order valence-electron chi connectivity index (χ1n) is 7.86. The van der Waals surface area contributed by atoms with Crippen molar-refractivity contribution >= 4 is 5.91 Å². The highest BCUT2D eigenvalue weighted by atomic mass is 19.4. The van der Waals surface area contributed by atoms with Gasteiger partial charge in [0.1, 0.15) is 0 Å². The fraction of sp³-hybridized carbons (Fsp3) is 0.412. The monoisotopic (exact) mass is 337 g/mol. The van der Waals surface area contributed by atoms with Gasteiger partial charge in [-0.1, -0.05) is 18.2 Å². The molecular formula is C17H18F3N3O. The van der Waals surface area contributed by atoms with E-state index in [0.717, 1.165) is 24.6 Å². The van der Waals surface area contributed by atoms with Gasteiger partial charge in [-0.25, -0.2) is 4.98 Å². The Morgan fingerprint density at radius 1 is 1.25 bits per heavy atom. The lowest BCUT2D eigenvalue weighted by atomic mass is 9.93. The highest BCUT2D eigenvalue weighted by Crippen LogP contribution is 2.32. The fourth-order valence-electron chi connectivity index (χ4n) is 3.16. The number of halogens is 3. The Balaban J connectivity index is 1.63. The maximum atomic E-state index is 13.0. The Kier molecular flexibility index (Phi) is 4.59. The van der Waals surface area contributed by atoms with E-state index < -0.39 is 11.7 Å². The number of benzene rings is 1. The number of aromatic nitrogens is 2. The van der Waals surface area contributed by atoms with Gasteiger partial charge in [-0.2, -0.15) is 13.2 Å². The minimum atomic E-state index is -4.44. The lowest BCUT2D eigenvalue weighted by molar-refractivity contribution is -0.138. The summed E-state index contributed by atoms with van der Waals surface area (Å²) in [5, 5.41) is 0. The van der Waals surface area contributed by atoms with E-state index in [0.29, 0.717) is 19.0 Å². The third-order valence-corrected chi connectivity index (χ3v) is 4.47. The van der Waals surface area contributed by atoms with Crippen LogP contribution in [0.2, 0.25) is 0 Å². The van der Waals surface area contributed by atoms with E-state index in [1.54, 1.807) is 17.4 Å². The summed E-state index contributed by atoms with van der Waals surface area (Å²) in [5.74, 6) is 0.0637. The molecule has 0 aliphatic carbocycles. The van der Waals surface area contributed by atoms with Crippen LogP contribution in [0.5, 0.6) is 0 Å². The average molecular weight is 337 g/mol. The second-order valence-electron chi connectivity index (χ2n) is 5.99. The number of nitrogens with zero attached hydrogens (tertiary/aromatic N) is 2. The highest BCUT2D eigenvalue weighted by molar-refractivity contribution is 5.79. The molecule has 3 rings (SSSR count). The Morgan fingerprint density at radius 3 is 2.58 bits per heavy atom. The fourth-order valence-corrected chi connectivity index (χ4v) is 3.16. The van der Waals surface area contributed by atoms with Gasteiger partial charge < -0.3 is 9.88 Å². The van der Waals surface area contributed by atoms with Crippen LogP contribution < -0.4 is 0 Å². The van der Waals surface area contributed by atoms with E-state index in [1.807, 2.05) is 0 Å². The molecule has 0 unspecified atom stereocenters. The predicted molar refractivity (Wildman–Crippen MR) is 82.3 cm³/mol. The summed E-state index contributed by atoms with van der Waals surface area (Å²) < 4.78 is 39.0. The lowest BCUT2D eigenvalue weighted by Crippen LogP contribution is -2.39. The molecule has 24 heavy (non-hydrogen) atoms. The standard InChI is InChI=1S/C17H18F3N3O/c18-17(19,20)14-4-2-1-3-13(14)9-16(24)23-7-5-12(6-8-23)15-10-21-11-22-15/h1-4,10-12H,5-9H2,(H,21,22). The molecule has 7 heteroatoms. The molecule has 0 saturated carbocycles. The van der Waals surface area contributed by atoms with Gasteiger partial charge in [0.05, 0.1) is 18.3 Å². The predicted octanol–water partition coefficient (Wildman–Crippen LogP) is 3.38. The largest absolute Gasteiger partial charge is 0.416 e. The van der Waals surface area contributed by atoms with Gasteiger partial charge in [-0.15, -0.1) is 0 Å². The van der Waals surface area contributed by atoms with Gasteiger partial charge in [0.25, 0.3) is 0 Å². The molecule has 1 aromatic heterocycles. The Morgan fingerprint density at radius 2 is 1.96 bits per heavy atom. The number of rotatable bonds is 3. The molecule has 128 valence electrons. The molecule has 1 fully saturated rings. The molecule has 2 aromatic rings. The van der Waals surface area contributed by atoms with Gasteiger partial charge in [-0.3, -0.25) is 4.79 Å². The molecular weight excluding hydrogens is 319 g/mol. The van der Waals surface area contributed by atoms with Gasteiger partial charge in [0, 0.05) is 30.9 Å². The molecule has 1 amide bonds. The molecule has 0 atom stereocenters. The first kappa shape index (κ1) is 16.5. The van der Waals surface area contributed by atoms with E-state index in [-0.39, 0.29) is 17.9 Å². The zero-order valence-electron chi connectivity index (χ0n) is 13.0. The van der Waals surface area contributed by atoms with Crippen molar-refractivity contribution in [1.82, 2.24) is 14.9 Å². The van der Waals surface area contributed by atoms with Crippen LogP contribution >= 0.6 is 0 Å². The number of aromatic amines is 1. The number of hydrogen-bond donors (Lipinski definition) is 1. The summed E-state index contributed by atoms with van der Waals surface area (Å²) in [6, 6.07) is 5.26. The Hall–Kier alpha value is -2.31. The molecule has 1 aliphatic rings. The smallest absolute Gasteiger partial charge is 0.348 e. The van der Waals surface area contributed by atoms with Crippen LogP contribution in [0, 0.1) is 0 Å². The molecule has 0 spiro atoms. The Labute approximate surface area is 137 Å². The maximum absolute atomic E-state index is 13.0. The minimum absolute atomic E-state index is 0.0330. The first-order valence-corrected chi connectivity index (χ1v) is 7.86. The first-order chi connectivity index (χ1) is 11.4. The van der Waals surface area contributed by atoms with E-state index in [4.69, 9.17) is 0 Å². The van der Waals surface area contributed by atoms with E-state index in [2.05, 4.69) is 9.97 Å². The second kappa shape index (κ2) is 6.67. The quantitative estimate of drug-likeness (QED) is 0.933. The van der Waals surface area contributed by atoms with Crippen LogP contribution in [0.4, 0.5) is 13.2 Å². The van der Waals surface area contributed by atoms with Crippen LogP contribution in [0.15, 0.2) is 36.8 Å². The molecule has 1 aliphatic heterocycles. The van der Waals surface area contributed by atoms with Gasteiger partial charge >= 0.3 is 6.18 Å². The van der Waals surface area contributed by atoms with Crippen molar-refractivity contribution in [1.29, 1.82) is 0 Å². The SMILES string of the molecule is O=C(Cc1ccccc1C(F)(F)F)N1CCC(c2cnc[nH]2)CC1. The van der Waals surface area contributed by atoms with Crippen molar-refractivity contribution in [3.63, 3.8) is 0 Å². The van der Waals surface area contributed by atoms with Crippen molar-refractivity contribution in [2.45, 2.75) is 31.4 Å². The summed E-state index contributed by atoms with van der Waals surface area (Å²) in [4.78, 5) is 21.1. The maximum Gasteiger partial charge on any atom is 0.416 e. The van der Waals surface area contributed by atoms with Crippen LogP contribution in [0.1, 0.15) is 35.6 Å². The van der Waals surface area contributed by atoms with Crippen LogP contribution in [0.25, 0.3) is 0 Å². The van der Waals surface area contributed by atoms with Crippen molar-refractivity contribution in [2.24, 2.45) is 0 Å². The van der Waals surface area contributed by atoms with E-state index in [1.165, 1.54) is 18.2 Å². The zero-order chi connectivity index (χ0) is 17.2. The Bertz CT molecular complexity index is 689. The summed E-state index contributed by atoms with van der Waals surface area (Å²) in [6.45, 7) is 1.10. The number of amides is 1. The molecule has 1 saturated heterocycles. The molecule has 0 bridgehead atoms. The van der Waals surface area contributed by atoms with E-state index >= 15 is 0 Å². The van der Waals surface area contributed by atoms with Crippen molar-refractivity contribution in [3.05, 3.63) is 53.6 Å². The zero-order valence-corrected chi connectivity index (χ0v) is 13.0. The van der Waals surface area contributed by atoms with Crippen LogP contribution in [-0.2, 0) is 17.4 Å². The lowest BCUT2D eigenvalue weighted by Gasteiger charge is -2.31. The second-order valence-corrected chi connectivity index (χ2v) is 5.99. The summed E-state index contributed by atoms with van der Waals surface area (Å²) in [6.07, 6.45) is 0.321. The highest BCUT2D eigenvalue weighted by Gasteiger charge is 2.34. The average Bonchev–Trinajstić information content (AvgIpc) is 3.09. The molecule has 1 N–H and O–H groups in total. The third-order valence-electron chi connectivity index (χ3n) is 4.47.